The van der Waals surface area contributed by atoms with E-state index in [1.54, 1.807) is 0 Å². The molecule has 1 aromatic heterocycles. The SMILES string of the molecule is [Cs+].[O-]C(=C(c1ccccc1)c1ccccc1)c1cc2ccccc2c[nH+]1. The third-order valence-electron chi connectivity index (χ3n) is 4.28. The van der Waals surface area contributed by atoms with Crippen LogP contribution < -0.4 is 79.0 Å². The second-order valence-corrected chi connectivity index (χ2v) is 5.91. The Morgan fingerprint density at radius 1 is 0.654 bits per heavy atom. The molecule has 0 saturated heterocycles. The molecule has 0 unspecified atom stereocenters. The van der Waals surface area contributed by atoms with Gasteiger partial charge >= 0.3 is 68.9 Å². The maximum absolute atomic E-state index is 13.3. The Morgan fingerprint density at radius 2 is 1.15 bits per heavy atom. The molecule has 0 radical (unpaired) electrons. The van der Waals surface area contributed by atoms with E-state index in [0.717, 1.165) is 21.9 Å². The summed E-state index contributed by atoms with van der Waals surface area (Å²) in [6.45, 7) is 0. The number of H-pyrrole nitrogens is 1. The van der Waals surface area contributed by atoms with E-state index in [-0.39, 0.29) is 74.7 Å². The van der Waals surface area contributed by atoms with Crippen LogP contribution in [0, 0.1) is 0 Å². The second kappa shape index (κ2) is 9.04. The van der Waals surface area contributed by atoms with Crippen molar-refractivity contribution in [2.24, 2.45) is 0 Å². The number of benzene rings is 3. The van der Waals surface area contributed by atoms with Crippen LogP contribution in [0.25, 0.3) is 22.1 Å². The molecule has 0 aliphatic rings. The van der Waals surface area contributed by atoms with Crippen molar-refractivity contribution in [1.82, 2.24) is 0 Å². The normalized spacial score (nSPS) is 10.2. The van der Waals surface area contributed by atoms with Gasteiger partial charge in [-0.2, -0.15) is 0 Å². The number of pyridine rings is 1. The monoisotopic (exact) mass is 456 g/mol. The largest absolute Gasteiger partial charge is 1.00 e. The Bertz CT molecular complexity index is 1000. The van der Waals surface area contributed by atoms with Crippen molar-refractivity contribution in [3.05, 3.63) is 114 Å². The molecule has 1 heterocycles. The molecule has 0 aliphatic heterocycles. The number of fused-ring (bicyclic) bond motifs is 1. The van der Waals surface area contributed by atoms with E-state index >= 15 is 0 Å². The maximum atomic E-state index is 13.3. The van der Waals surface area contributed by atoms with Gasteiger partial charge in [0, 0.05) is 11.5 Å². The number of rotatable bonds is 3. The van der Waals surface area contributed by atoms with Gasteiger partial charge in [-0.05, 0) is 33.9 Å². The fraction of sp³-hybridized carbons (Fsp3) is 0. The average Bonchev–Trinajstić information content (AvgIpc) is 2.69. The van der Waals surface area contributed by atoms with Crippen LogP contribution in [0.4, 0.5) is 0 Å². The molecule has 0 fully saturated rings. The first-order valence-electron chi connectivity index (χ1n) is 8.26. The van der Waals surface area contributed by atoms with Gasteiger partial charge in [-0.25, -0.2) is 4.98 Å². The molecule has 2 nitrogen and oxygen atoms in total. The molecule has 120 valence electrons. The first-order chi connectivity index (χ1) is 12.3. The smallest absolute Gasteiger partial charge is 0.868 e. The van der Waals surface area contributed by atoms with Gasteiger partial charge in [0.2, 0.25) is 0 Å². The van der Waals surface area contributed by atoms with E-state index < -0.39 is 0 Å². The first kappa shape index (κ1) is 19.4. The molecule has 0 aliphatic carbocycles. The molecule has 4 rings (SSSR count). The number of aromatic nitrogens is 1. The average molecular weight is 456 g/mol. The van der Waals surface area contributed by atoms with Crippen LogP contribution in [0.1, 0.15) is 16.8 Å². The Balaban J connectivity index is 0.00000196. The maximum Gasteiger partial charge on any atom is 1.00 e. The molecule has 0 amide bonds. The van der Waals surface area contributed by atoms with Crippen LogP contribution >= 0.6 is 0 Å². The summed E-state index contributed by atoms with van der Waals surface area (Å²) in [5, 5.41) is 15.5. The van der Waals surface area contributed by atoms with Gasteiger partial charge in [-0.3, -0.25) is 0 Å². The van der Waals surface area contributed by atoms with E-state index in [2.05, 4.69) is 4.98 Å². The summed E-state index contributed by atoms with van der Waals surface area (Å²) in [7, 11) is 0. The van der Waals surface area contributed by atoms with Crippen molar-refractivity contribution in [1.29, 1.82) is 0 Å². The summed E-state index contributed by atoms with van der Waals surface area (Å²) in [6.07, 6.45) is 1.89. The molecule has 0 atom stereocenters. The standard InChI is InChI=1S/C23H17NO.Cs/c25-23(21-15-19-13-7-8-14-20(19)16-24-21)22(17-9-3-1-4-10-17)18-11-5-2-6-12-18;/h1-16,25H;/q;+1. The van der Waals surface area contributed by atoms with Crippen LogP contribution in [0.5, 0.6) is 0 Å². The summed E-state index contributed by atoms with van der Waals surface area (Å²) < 4.78 is 0. The summed E-state index contributed by atoms with van der Waals surface area (Å²) >= 11 is 0. The first-order valence-corrected chi connectivity index (χ1v) is 8.26. The minimum absolute atomic E-state index is 0. The van der Waals surface area contributed by atoms with E-state index in [1.165, 1.54) is 0 Å². The molecule has 0 bridgehead atoms. The summed E-state index contributed by atoms with van der Waals surface area (Å²) in [4.78, 5) is 3.16. The summed E-state index contributed by atoms with van der Waals surface area (Å²) in [5.74, 6) is -0.0110. The van der Waals surface area contributed by atoms with Gasteiger partial charge in [0.15, 0.2) is 11.9 Å². The number of aromatic amines is 1. The molecular formula is C23H17CsNO+. The number of nitrogens with one attached hydrogen (secondary N) is 1. The van der Waals surface area contributed by atoms with E-state index in [9.17, 15) is 5.11 Å². The Labute approximate surface area is 212 Å². The summed E-state index contributed by atoms with van der Waals surface area (Å²) in [6, 6.07) is 29.6. The second-order valence-electron chi connectivity index (χ2n) is 5.91. The molecule has 3 heteroatoms. The zero-order valence-electron chi connectivity index (χ0n) is 14.6. The van der Waals surface area contributed by atoms with Crippen molar-refractivity contribution in [2.45, 2.75) is 0 Å². The molecule has 3 aromatic carbocycles. The van der Waals surface area contributed by atoms with Crippen molar-refractivity contribution >= 4 is 22.1 Å². The zero-order chi connectivity index (χ0) is 17.1. The molecule has 1 N–H and O–H groups in total. The molecule has 0 saturated carbocycles. The topological polar surface area (TPSA) is 37.2 Å². The molecule has 0 spiro atoms. The molecular weight excluding hydrogens is 439 g/mol. The minimum atomic E-state index is -0.0110. The third kappa shape index (κ3) is 4.14. The summed E-state index contributed by atoms with van der Waals surface area (Å²) in [5.41, 5.74) is 3.12. The number of hydrogen-bond acceptors (Lipinski definition) is 1. The zero-order valence-corrected chi connectivity index (χ0v) is 20.9. The van der Waals surface area contributed by atoms with Gasteiger partial charge < -0.3 is 5.11 Å². The van der Waals surface area contributed by atoms with Crippen molar-refractivity contribution in [3.63, 3.8) is 0 Å². The van der Waals surface area contributed by atoms with Gasteiger partial charge in [0.05, 0.1) is 0 Å². The van der Waals surface area contributed by atoms with E-state index in [0.29, 0.717) is 11.3 Å². The van der Waals surface area contributed by atoms with E-state index in [1.807, 2.05) is 97.2 Å². The fourth-order valence-corrected chi connectivity index (χ4v) is 3.03. The Kier molecular flexibility index (Phi) is 6.75. The van der Waals surface area contributed by atoms with Crippen LogP contribution in [-0.4, -0.2) is 0 Å². The van der Waals surface area contributed by atoms with Crippen molar-refractivity contribution in [3.8, 4) is 0 Å². The van der Waals surface area contributed by atoms with Crippen molar-refractivity contribution in [2.75, 3.05) is 0 Å². The van der Waals surface area contributed by atoms with Crippen LogP contribution in [0.2, 0.25) is 0 Å². The molecule has 4 aromatic rings. The third-order valence-corrected chi connectivity index (χ3v) is 4.28. The van der Waals surface area contributed by atoms with Gasteiger partial charge in [-0.15, -0.1) is 0 Å². The predicted molar refractivity (Wildman–Crippen MR) is 99.3 cm³/mol. The Hall–Kier alpha value is -1.34. The Morgan fingerprint density at radius 3 is 1.73 bits per heavy atom. The quantitative estimate of drug-likeness (QED) is 0.423. The van der Waals surface area contributed by atoms with Crippen LogP contribution in [-0.2, 0) is 0 Å². The van der Waals surface area contributed by atoms with Crippen LogP contribution in [0.15, 0.2) is 97.2 Å². The van der Waals surface area contributed by atoms with Crippen molar-refractivity contribution < 1.29 is 79.0 Å². The minimum Gasteiger partial charge on any atom is -0.868 e. The van der Waals surface area contributed by atoms with E-state index in [4.69, 9.17) is 0 Å². The fourth-order valence-electron chi connectivity index (χ4n) is 3.03. The van der Waals surface area contributed by atoms with Gasteiger partial charge in [0.25, 0.3) is 0 Å². The van der Waals surface area contributed by atoms with Gasteiger partial charge in [0.1, 0.15) is 0 Å². The predicted octanol–water partition coefficient (Wildman–Crippen LogP) is 0.935. The number of hydrogen-bond donors (Lipinski definition) is 0. The van der Waals surface area contributed by atoms with Crippen LogP contribution in [0.3, 0.4) is 0 Å². The van der Waals surface area contributed by atoms with Gasteiger partial charge in [-0.1, -0.05) is 78.9 Å². The molecule has 26 heavy (non-hydrogen) atoms.